The monoisotopic (exact) mass is 373 g/mol. The Bertz CT molecular complexity index is 1040. The van der Waals surface area contributed by atoms with E-state index in [1.54, 1.807) is 24.3 Å². The van der Waals surface area contributed by atoms with Crippen molar-refractivity contribution in [3.8, 4) is 23.1 Å². The Balaban J connectivity index is 0.00000243. The van der Waals surface area contributed by atoms with Crippen molar-refractivity contribution in [1.82, 2.24) is 19.9 Å². The van der Waals surface area contributed by atoms with Crippen LogP contribution < -0.4 is 5.32 Å². The highest BCUT2D eigenvalue weighted by molar-refractivity contribution is 6.04. The van der Waals surface area contributed by atoms with Crippen molar-refractivity contribution in [1.29, 1.82) is 5.26 Å². The van der Waals surface area contributed by atoms with E-state index in [-0.39, 0.29) is 29.4 Å². The third kappa shape index (κ3) is 3.40. The van der Waals surface area contributed by atoms with E-state index < -0.39 is 18.4 Å². The number of hydrogen-bond acceptors (Lipinski definition) is 6. The Hall–Kier alpha value is -3.64. The summed E-state index contributed by atoms with van der Waals surface area (Å²) in [5.41, 5.74) is 1.34. The number of nitriles is 1. The van der Waals surface area contributed by atoms with E-state index in [0.717, 1.165) is 0 Å². The number of carbonyl (C=O) groups is 2. The quantitative estimate of drug-likeness (QED) is 0.624. The van der Waals surface area contributed by atoms with Gasteiger partial charge in [-0.3, -0.25) is 9.59 Å². The number of aliphatic carboxylic acids is 1. The molecule has 0 saturated carbocycles. The van der Waals surface area contributed by atoms with E-state index in [4.69, 9.17) is 10.4 Å². The van der Waals surface area contributed by atoms with Gasteiger partial charge in [0.05, 0.1) is 17.3 Å². The molecule has 0 aliphatic carbocycles. The second-order valence-electron chi connectivity index (χ2n) is 5.05. The number of aromatic nitrogens is 3. The molecule has 0 aliphatic heterocycles. The zero-order valence-corrected chi connectivity index (χ0v) is 13.9. The topological polar surface area (TPSA) is 141 Å². The number of nitrogens with zero attached hydrogens (tertiary/aromatic N) is 4. The van der Waals surface area contributed by atoms with Gasteiger partial charge in [-0.2, -0.15) is 10.4 Å². The predicted molar refractivity (Wildman–Crippen MR) is 92.0 cm³/mol. The van der Waals surface area contributed by atoms with E-state index >= 15 is 0 Å². The third-order valence-corrected chi connectivity index (χ3v) is 3.44. The van der Waals surface area contributed by atoms with Gasteiger partial charge in [-0.15, -0.1) is 12.4 Å². The first-order chi connectivity index (χ1) is 12.0. The highest BCUT2D eigenvalue weighted by Crippen LogP contribution is 2.29. The highest BCUT2D eigenvalue weighted by atomic mass is 35.5. The molecule has 0 bridgehead atoms. The average molecular weight is 374 g/mol. The van der Waals surface area contributed by atoms with Gasteiger partial charge in [0.1, 0.15) is 24.2 Å². The lowest BCUT2D eigenvalue weighted by atomic mass is 10.1. The number of halogens is 1. The molecular weight excluding hydrogens is 362 g/mol. The van der Waals surface area contributed by atoms with Gasteiger partial charge >= 0.3 is 5.97 Å². The van der Waals surface area contributed by atoms with Gasteiger partial charge < -0.3 is 15.5 Å². The molecule has 2 aromatic heterocycles. The first kappa shape index (κ1) is 18.7. The molecule has 1 amide bonds. The lowest BCUT2D eigenvalue weighted by Crippen LogP contribution is -2.29. The lowest BCUT2D eigenvalue weighted by molar-refractivity contribution is -0.135. The van der Waals surface area contributed by atoms with Crippen LogP contribution in [0.2, 0.25) is 0 Å². The molecule has 9 nitrogen and oxygen atoms in total. The molecule has 10 heteroatoms. The summed E-state index contributed by atoms with van der Waals surface area (Å²) in [6.07, 6.45) is 1.21. The Morgan fingerprint density at radius 3 is 2.77 bits per heavy atom. The predicted octanol–water partition coefficient (Wildman–Crippen LogP) is 1.21. The van der Waals surface area contributed by atoms with Gasteiger partial charge in [-0.1, -0.05) is 12.1 Å². The third-order valence-electron chi connectivity index (χ3n) is 3.44. The largest absolute Gasteiger partial charge is 0.507 e. The maximum Gasteiger partial charge on any atom is 0.322 e. The Morgan fingerprint density at radius 1 is 1.31 bits per heavy atom. The van der Waals surface area contributed by atoms with E-state index in [0.29, 0.717) is 16.8 Å². The molecule has 132 valence electrons. The van der Waals surface area contributed by atoms with E-state index in [1.165, 1.54) is 16.9 Å². The minimum atomic E-state index is -1.21. The fraction of sp³-hybridized carbons (Fsp3) is 0.0625. The minimum Gasteiger partial charge on any atom is -0.507 e. The van der Waals surface area contributed by atoms with Crippen LogP contribution in [0.3, 0.4) is 0 Å². The molecule has 0 aliphatic rings. The normalized spacial score (nSPS) is 9.96. The molecule has 0 radical (unpaired) electrons. The van der Waals surface area contributed by atoms with Crippen LogP contribution in [-0.2, 0) is 4.79 Å². The number of fused-ring (bicyclic) bond motifs is 1. The average Bonchev–Trinajstić information content (AvgIpc) is 3.08. The van der Waals surface area contributed by atoms with Crippen molar-refractivity contribution in [3.05, 3.63) is 47.8 Å². The zero-order chi connectivity index (χ0) is 18.0. The van der Waals surface area contributed by atoms with Crippen LogP contribution in [0.5, 0.6) is 5.75 Å². The Kier molecular flexibility index (Phi) is 5.39. The van der Waals surface area contributed by atoms with E-state index in [1.807, 2.05) is 6.07 Å². The van der Waals surface area contributed by atoms with Crippen LogP contribution in [0.15, 0.2) is 36.7 Å². The summed E-state index contributed by atoms with van der Waals surface area (Å²) in [5, 5.41) is 34.2. The first-order valence-electron chi connectivity index (χ1n) is 7.07. The van der Waals surface area contributed by atoms with Crippen molar-refractivity contribution in [2.75, 3.05) is 6.54 Å². The molecule has 3 N–H and O–H groups in total. The number of hydrogen-bond donors (Lipinski definition) is 3. The number of carboxylic acid groups (broad SMARTS) is 1. The van der Waals surface area contributed by atoms with Crippen LogP contribution in [0.4, 0.5) is 0 Å². The zero-order valence-electron chi connectivity index (χ0n) is 13.1. The molecule has 0 unspecified atom stereocenters. The second-order valence-corrected chi connectivity index (χ2v) is 5.05. The number of carboxylic acids is 1. The summed E-state index contributed by atoms with van der Waals surface area (Å²) in [5.74, 6) is -2.37. The Morgan fingerprint density at radius 2 is 2.08 bits per heavy atom. The highest BCUT2D eigenvalue weighted by Gasteiger charge is 2.21. The standard InChI is InChI=1S/C16H11N5O4.ClH/c17-6-9-2-1-3-10(4-9)11-5-12(22)14(15-19-8-20-21(11)15)16(25)18-7-13(23)24;/h1-5,8,22H,7H2,(H,18,25)(H,23,24);1H. The minimum absolute atomic E-state index is 0. The van der Waals surface area contributed by atoms with Crippen molar-refractivity contribution in [3.63, 3.8) is 0 Å². The smallest absolute Gasteiger partial charge is 0.322 e. The lowest BCUT2D eigenvalue weighted by Gasteiger charge is -2.10. The molecule has 0 fully saturated rings. The fourth-order valence-electron chi connectivity index (χ4n) is 2.38. The fourth-order valence-corrected chi connectivity index (χ4v) is 2.38. The molecule has 2 heterocycles. The molecule has 0 spiro atoms. The van der Waals surface area contributed by atoms with Crippen molar-refractivity contribution in [2.45, 2.75) is 0 Å². The summed E-state index contributed by atoms with van der Waals surface area (Å²) >= 11 is 0. The van der Waals surface area contributed by atoms with E-state index in [9.17, 15) is 14.7 Å². The van der Waals surface area contributed by atoms with Gasteiger partial charge in [0.15, 0.2) is 5.65 Å². The van der Waals surface area contributed by atoms with Crippen LogP contribution in [-0.4, -0.2) is 43.2 Å². The number of aromatic hydroxyl groups is 1. The molecule has 1 aromatic carbocycles. The van der Waals surface area contributed by atoms with Gasteiger partial charge in [0.2, 0.25) is 0 Å². The Labute approximate surface area is 152 Å². The summed E-state index contributed by atoms with van der Waals surface area (Å²) in [6, 6.07) is 9.99. The van der Waals surface area contributed by atoms with Gasteiger partial charge in [0.25, 0.3) is 5.91 Å². The van der Waals surface area contributed by atoms with Crippen LogP contribution >= 0.6 is 12.4 Å². The summed E-state index contributed by atoms with van der Waals surface area (Å²) in [6.45, 7) is -0.593. The van der Waals surface area contributed by atoms with Crippen molar-refractivity contribution < 1.29 is 19.8 Å². The maximum atomic E-state index is 12.2. The van der Waals surface area contributed by atoms with Crippen LogP contribution in [0, 0.1) is 11.3 Å². The van der Waals surface area contributed by atoms with E-state index in [2.05, 4.69) is 15.4 Å². The number of amides is 1. The summed E-state index contributed by atoms with van der Waals surface area (Å²) < 4.78 is 1.34. The molecule has 3 rings (SSSR count). The number of nitrogens with one attached hydrogen (secondary N) is 1. The maximum absolute atomic E-state index is 12.2. The number of rotatable bonds is 4. The van der Waals surface area contributed by atoms with Crippen molar-refractivity contribution >= 4 is 29.9 Å². The molecule has 3 aromatic rings. The second kappa shape index (κ2) is 7.50. The van der Waals surface area contributed by atoms with Crippen LogP contribution in [0.25, 0.3) is 16.9 Å². The van der Waals surface area contributed by atoms with Crippen LogP contribution in [0.1, 0.15) is 15.9 Å². The molecular formula is C16H12ClN5O4. The summed E-state index contributed by atoms with van der Waals surface area (Å²) in [4.78, 5) is 26.7. The molecule has 26 heavy (non-hydrogen) atoms. The number of benzene rings is 1. The number of pyridine rings is 1. The first-order valence-corrected chi connectivity index (χ1v) is 7.07. The van der Waals surface area contributed by atoms with Gasteiger partial charge in [-0.25, -0.2) is 9.50 Å². The molecule has 0 saturated heterocycles. The molecule has 0 atom stereocenters. The number of carbonyl (C=O) groups excluding carboxylic acids is 1. The van der Waals surface area contributed by atoms with Gasteiger partial charge in [0, 0.05) is 11.6 Å². The summed E-state index contributed by atoms with van der Waals surface area (Å²) in [7, 11) is 0. The van der Waals surface area contributed by atoms with Gasteiger partial charge in [-0.05, 0) is 12.1 Å². The van der Waals surface area contributed by atoms with Crippen molar-refractivity contribution in [2.24, 2.45) is 0 Å². The SMILES string of the molecule is Cl.N#Cc1cccc(-c2cc(O)c(C(=O)NCC(=O)O)c3ncnn23)c1.